The second-order valence-corrected chi connectivity index (χ2v) is 2.01. The molecule has 0 rings (SSSR count). The lowest BCUT2D eigenvalue weighted by Gasteiger charge is -2.03. The maximum atomic E-state index is 8.09. The van der Waals surface area contributed by atoms with Crippen LogP contribution >= 0.6 is 0 Å². The molecule has 3 N–H and O–H groups in total. The molecule has 0 radical (unpaired) electrons. The highest BCUT2D eigenvalue weighted by molar-refractivity contribution is 5.84. The predicted octanol–water partition coefficient (Wildman–Crippen LogP) is 0.641. The molecule has 0 saturated carbocycles. The minimum atomic E-state index is 0.231. The SMILES string of the molecule is CC(C)C(=N)CNO. The van der Waals surface area contributed by atoms with Crippen LogP contribution < -0.4 is 5.48 Å². The van der Waals surface area contributed by atoms with Gasteiger partial charge in [0.05, 0.1) is 6.54 Å². The van der Waals surface area contributed by atoms with E-state index in [4.69, 9.17) is 10.6 Å². The van der Waals surface area contributed by atoms with E-state index in [1.165, 1.54) is 0 Å². The lowest BCUT2D eigenvalue weighted by atomic mass is 10.1. The topological polar surface area (TPSA) is 56.1 Å². The molecular formula is C5H12N2O. The molecule has 3 heteroatoms. The monoisotopic (exact) mass is 116 g/mol. The molecular weight excluding hydrogens is 104 g/mol. The van der Waals surface area contributed by atoms with Crippen LogP contribution in [0.5, 0.6) is 0 Å². The van der Waals surface area contributed by atoms with Crippen LogP contribution in [-0.2, 0) is 0 Å². The van der Waals surface area contributed by atoms with Crippen LogP contribution in [0.3, 0.4) is 0 Å². The van der Waals surface area contributed by atoms with E-state index in [1.807, 2.05) is 19.3 Å². The summed E-state index contributed by atoms with van der Waals surface area (Å²) in [5, 5.41) is 15.2. The van der Waals surface area contributed by atoms with Gasteiger partial charge < -0.3 is 10.6 Å². The summed E-state index contributed by atoms with van der Waals surface area (Å²) in [6.45, 7) is 4.11. The third kappa shape index (κ3) is 2.71. The summed E-state index contributed by atoms with van der Waals surface area (Å²) in [5.74, 6) is 0.231. The Morgan fingerprint density at radius 2 is 2.25 bits per heavy atom. The van der Waals surface area contributed by atoms with E-state index >= 15 is 0 Å². The van der Waals surface area contributed by atoms with Crippen molar-refractivity contribution in [1.82, 2.24) is 5.48 Å². The van der Waals surface area contributed by atoms with Crippen molar-refractivity contribution in [2.75, 3.05) is 6.54 Å². The molecule has 0 amide bonds. The Kier molecular flexibility index (Phi) is 3.39. The number of rotatable bonds is 3. The van der Waals surface area contributed by atoms with E-state index in [-0.39, 0.29) is 12.5 Å². The number of hydroxylamine groups is 1. The minimum Gasteiger partial charge on any atom is -0.316 e. The predicted molar refractivity (Wildman–Crippen MR) is 32.4 cm³/mol. The standard InChI is InChI=1S/C5H12N2O/c1-4(2)5(6)3-7-8/h4,6-8H,3H2,1-2H3. The Morgan fingerprint density at radius 3 is 2.38 bits per heavy atom. The second kappa shape index (κ2) is 3.57. The van der Waals surface area contributed by atoms with Crippen LogP contribution in [-0.4, -0.2) is 17.5 Å². The quantitative estimate of drug-likeness (QED) is 0.374. The molecule has 0 aromatic carbocycles. The molecule has 0 unspecified atom stereocenters. The fourth-order valence-corrected chi connectivity index (χ4v) is 0.289. The molecule has 0 aliphatic heterocycles. The van der Waals surface area contributed by atoms with Gasteiger partial charge in [0.2, 0.25) is 0 Å². The fraction of sp³-hybridized carbons (Fsp3) is 0.800. The van der Waals surface area contributed by atoms with Gasteiger partial charge in [-0.25, -0.2) is 0 Å². The first kappa shape index (κ1) is 7.59. The third-order valence-corrected chi connectivity index (χ3v) is 0.966. The fourth-order valence-electron chi connectivity index (χ4n) is 0.289. The average Bonchev–Trinajstić information content (AvgIpc) is 1.67. The smallest absolute Gasteiger partial charge is 0.0587 e. The van der Waals surface area contributed by atoms with Gasteiger partial charge in [-0.2, -0.15) is 5.48 Å². The first-order chi connectivity index (χ1) is 3.68. The molecule has 0 bridgehead atoms. The highest BCUT2D eigenvalue weighted by Gasteiger charge is 1.98. The van der Waals surface area contributed by atoms with E-state index in [1.54, 1.807) is 0 Å². The number of nitrogens with one attached hydrogen (secondary N) is 2. The maximum Gasteiger partial charge on any atom is 0.0587 e. The van der Waals surface area contributed by atoms with Crippen LogP contribution in [0.4, 0.5) is 0 Å². The molecule has 0 saturated heterocycles. The van der Waals surface area contributed by atoms with Crippen molar-refractivity contribution >= 4 is 5.71 Å². The zero-order valence-corrected chi connectivity index (χ0v) is 5.23. The zero-order valence-electron chi connectivity index (χ0n) is 5.23. The van der Waals surface area contributed by atoms with Crippen LogP contribution in [0.15, 0.2) is 0 Å². The van der Waals surface area contributed by atoms with Crippen LogP contribution in [0.1, 0.15) is 13.8 Å². The van der Waals surface area contributed by atoms with Crippen LogP contribution in [0.25, 0.3) is 0 Å². The van der Waals surface area contributed by atoms with Crippen molar-refractivity contribution in [1.29, 1.82) is 5.41 Å². The van der Waals surface area contributed by atoms with E-state index < -0.39 is 0 Å². The van der Waals surface area contributed by atoms with Gasteiger partial charge in [-0.1, -0.05) is 13.8 Å². The molecule has 0 aliphatic rings. The van der Waals surface area contributed by atoms with Gasteiger partial charge in [-0.15, -0.1) is 0 Å². The van der Waals surface area contributed by atoms with E-state index in [0.29, 0.717) is 5.71 Å². The van der Waals surface area contributed by atoms with Crippen molar-refractivity contribution < 1.29 is 5.21 Å². The largest absolute Gasteiger partial charge is 0.316 e. The number of hydrogen-bond donors (Lipinski definition) is 3. The van der Waals surface area contributed by atoms with Crippen LogP contribution in [0.2, 0.25) is 0 Å². The minimum absolute atomic E-state index is 0.231. The van der Waals surface area contributed by atoms with Crippen molar-refractivity contribution in [3.8, 4) is 0 Å². The van der Waals surface area contributed by atoms with Gasteiger partial charge in [0.25, 0.3) is 0 Å². The summed E-state index contributed by atoms with van der Waals surface area (Å²) in [5.41, 5.74) is 2.45. The Balaban J connectivity index is 3.33. The van der Waals surface area contributed by atoms with Crippen molar-refractivity contribution in [2.45, 2.75) is 13.8 Å². The Morgan fingerprint density at radius 1 is 1.75 bits per heavy atom. The lowest BCUT2D eigenvalue weighted by Crippen LogP contribution is -2.22. The van der Waals surface area contributed by atoms with Gasteiger partial charge in [-0.3, -0.25) is 0 Å². The summed E-state index contributed by atoms with van der Waals surface area (Å²) < 4.78 is 0. The molecule has 0 spiro atoms. The van der Waals surface area contributed by atoms with E-state index in [9.17, 15) is 0 Å². The first-order valence-electron chi connectivity index (χ1n) is 2.62. The molecule has 0 heterocycles. The summed E-state index contributed by atoms with van der Waals surface area (Å²) in [4.78, 5) is 0. The highest BCUT2D eigenvalue weighted by Crippen LogP contribution is 1.91. The number of hydrogen-bond acceptors (Lipinski definition) is 3. The van der Waals surface area contributed by atoms with Gasteiger partial charge in [-0.05, 0) is 5.92 Å². The molecule has 0 fully saturated rings. The highest BCUT2D eigenvalue weighted by atomic mass is 16.5. The molecule has 48 valence electrons. The van der Waals surface area contributed by atoms with Gasteiger partial charge in [0.1, 0.15) is 0 Å². The molecule has 0 atom stereocenters. The molecule has 0 aromatic rings. The van der Waals surface area contributed by atoms with E-state index in [2.05, 4.69) is 0 Å². The van der Waals surface area contributed by atoms with Crippen molar-refractivity contribution in [3.63, 3.8) is 0 Å². The zero-order chi connectivity index (χ0) is 6.57. The molecule has 3 nitrogen and oxygen atoms in total. The van der Waals surface area contributed by atoms with Crippen LogP contribution in [0, 0.1) is 11.3 Å². The maximum absolute atomic E-state index is 8.09. The van der Waals surface area contributed by atoms with Gasteiger partial charge >= 0.3 is 0 Å². The van der Waals surface area contributed by atoms with Crippen molar-refractivity contribution in [3.05, 3.63) is 0 Å². The Hall–Kier alpha value is -0.410. The first-order valence-corrected chi connectivity index (χ1v) is 2.62. The lowest BCUT2D eigenvalue weighted by molar-refractivity contribution is 0.182. The molecule has 8 heavy (non-hydrogen) atoms. The van der Waals surface area contributed by atoms with Gasteiger partial charge in [0.15, 0.2) is 0 Å². The average molecular weight is 116 g/mol. The summed E-state index contributed by atoms with van der Waals surface area (Å²) in [7, 11) is 0. The summed E-state index contributed by atoms with van der Waals surface area (Å²) >= 11 is 0. The molecule has 0 aliphatic carbocycles. The Labute approximate surface area is 49.2 Å². The van der Waals surface area contributed by atoms with Crippen molar-refractivity contribution in [2.24, 2.45) is 5.92 Å². The summed E-state index contributed by atoms with van der Waals surface area (Å²) in [6, 6.07) is 0. The summed E-state index contributed by atoms with van der Waals surface area (Å²) in [6.07, 6.45) is 0. The second-order valence-electron chi connectivity index (χ2n) is 2.01. The van der Waals surface area contributed by atoms with Gasteiger partial charge in [0, 0.05) is 5.71 Å². The molecule has 0 aromatic heterocycles. The van der Waals surface area contributed by atoms with E-state index in [0.717, 1.165) is 0 Å². The third-order valence-electron chi connectivity index (χ3n) is 0.966. The Bertz CT molecular complexity index is 80.5. The normalized spacial score (nSPS) is 10.0.